The Morgan fingerprint density at radius 1 is 1.42 bits per heavy atom. The molecule has 0 bridgehead atoms. The standard InChI is InChI=1S/C20H26FN5O5/c1-10-15-13(17(27)26(22)19(30)25(15)12-4-5-12)8-14(21)16(10)24-7-6-20(9-24,31-3)11(2)23-18(28)29/h8,11-12,23H,4-7,9,22H2,1-3H3,(H,28,29). The number of nitrogens with zero attached hydrogens (tertiary/aromatic N) is 3. The van der Waals surface area contributed by atoms with Crippen molar-refractivity contribution in [2.24, 2.45) is 0 Å². The highest BCUT2D eigenvalue weighted by Gasteiger charge is 2.45. The molecule has 2 aromatic rings. The number of nitrogen functional groups attached to an aromatic ring is 1. The number of aromatic nitrogens is 2. The lowest BCUT2D eigenvalue weighted by Gasteiger charge is -2.34. The number of carbonyl (C=O) groups is 1. The molecule has 4 rings (SSSR count). The Morgan fingerprint density at radius 2 is 2.10 bits per heavy atom. The molecule has 2 heterocycles. The number of methoxy groups -OCH3 is 1. The molecule has 10 nitrogen and oxygen atoms in total. The first kappa shape index (κ1) is 21.2. The van der Waals surface area contributed by atoms with Crippen molar-refractivity contribution in [3.63, 3.8) is 0 Å². The van der Waals surface area contributed by atoms with Gasteiger partial charge in [0.1, 0.15) is 11.4 Å². The second-order valence-corrected chi connectivity index (χ2v) is 8.40. The number of nitrogens with one attached hydrogen (secondary N) is 1. The van der Waals surface area contributed by atoms with Crippen LogP contribution in [0.2, 0.25) is 0 Å². The highest BCUT2D eigenvalue weighted by atomic mass is 19.1. The summed E-state index contributed by atoms with van der Waals surface area (Å²) >= 11 is 0. The van der Waals surface area contributed by atoms with Crippen molar-refractivity contribution < 1.29 is 19.0 Å². The average molecular weight is 435 g/mol. The molecule has 1 aliphatic carbocycles. The number of fused-ring (bicyclic) bond motifs is 1. The molecular weight excluding hydrogens is 409 g/mol. The number of anilines is 1. The molecule has 2 atom stereocenters. The molecule has 4 N–H and O–H groups in total. The Morgan fingerprint density at radius 3 is 2.68 bits per heavy atom. The summed E-state index contributed by atoms with van der Waals surface area (Å²) in [4.78, 5) is 38.2. The summed E-state index contributed by atoms with van der Waals surface area (Å²) in [6.45, 7) is 4.06. The third-order valence-corrected chi connectivity index (χ3v) is 6.59. The fourth-order valence-electron chi connectivity index (χ4n) is 4.73. The van der Waals surface area contributed by atoms with Gasteiger partial charge in [-0.2, -0.15) is 4.68 Å². The van der Waals surface area contributed by atoms with Crippen LogP contribution in [0, 0.1) is 12.7 Å². The Balaban J connectivity index is 1.85. The van der Waals surface area contributed by atoms with Crippen molar-refractivity contribution in [2.75, 3.05) is 30.9 Å². The van der Waals surface area contributed by atoms with Crippen LogP contribution in [0.25, 0.3) is 10.9 Å². The zero-order chi connectivity index (χ0) is 22.7. The SMILES string of the molecule is COC1(C(C)NC(=O)O)CCN(c2c(F)cc3c(=O)n(N)c(=O)n(C4CC4)c3c2C)C1. The Labute approximate surface area is 177 Å². The van der Waals surface area contributed by atoms with E-state index < -0.39 is 34.8 Å². The van der Waals surface area contributed by atoms with E-state index in [1.165, 1.54) is 11.7 Å². The fourth-order valence-corrected chi connectivity index (χ4v) is 4.73. The smallest absolute Gasteiger partial charge is 0.404 e. The third-order valence-electron chi connectivity index (χ3n) is 6.59. The Hall–Kier alpha value is -3.08. The first-order valence-electron chi connectivity index (χ1n) is 10.2. The van der Waals surface area contributed by atoms with Crippen LogP contribution in [0.5, 0.6) is 0 Å². The number of carboxylic acid groups (broad SMARTS) is 1. The summed E-state index contributed by atoms with van der Waals surface area (Å²) in [5.41, 5.74) is -1.06. The summed E-state index contributed by atoms with van der Waals surface area (Å²) in [6.07, 6.45) is 0.881. The summed E-state index contributed by atoms with van der Waals surface area (Å²) in [5, 5.41) is 11.6. The fraction of sp³-hybridized carbons (Fsp3) is 0.550. The molecule has 0 radical (unpaired) electrons. The second-order valence-electron chi connectivity index (χ2n) is 8.40. The van der Waals surface area contributed by atoms with Gasteiger partial charge in [-0.3, -0.25) is 9.36 Å². The number of hydrogen-bond acceptors (Lipinski definition) is 6. The number of hydrogen-bond donors (Lipinski definition) is 3. The molecule has 1 aromatic heterocycles. The molecule has 1 saturated heterocycles. The van der Waals surface area contributed by atoms with Gasteiger partial charge in [0.15, 0.2) is 0 Å². The maximum Gasteiger partial charge on any atom is 0.404 e. The van der Waals surface area contributed by atoms with E-state index >= 15 is 4.39 Å². The minimum absolute atomic E-state index is 0.0610. The van der Waals surface area contributed by atoms with Gasteiger partial charge >= 0.3 is 11.8 Å². The van der Waals surface area contributed by atoms with Crippen LogP contribution < -0.4 is 27.3 Å². The van der Waals surface area contributed by atoms with Crippen molar-refractivity contribution >= 4 is 22.7 Å². The average Bonchev–Trinajstić information content (AvgIpc) is 3.45. The molecule has 1 aromatic carbocycles. The van der Waals surface area contributed by atoms with E-state index in [2.05, 4.69) is 5.32 Å². The minimum Gasteiger partial charge on any atom is -0.465 e. The van der Waals surface area contributed by atoms with E-state index in [1.807, 2.05) is 0 Å². The molecule has 1 aliphatic heterocycles. The predicted molar refractivity (Wildman–Crippen MR) is 113 cm³/mol. The van der Waals surface area contributed by atoms with Gasteiger partial charge in [-0.1, -0.05) is 0 Å². The molecule has 0 spiro atoms. The number of benzene rings is 1. The van der Waals surface area contributed by atoms with Crippen LogP contribution in [-0.4, -0.2) is 52.3 Å². The lowest BCUT2D eigenvalue weighted by Crippen LogP contribution is -2.53. The summed E-state index contributed by atoms with van der Waals surface area (Å²) in [6, 6.07) is 0.532. The normalized spacial score (nSPS) is 22.1. The molecular formula is C20H26FN5O5. The molecule has 1 saturated carbocycles. The molecule has 1 amide bonds. The zero-order valence-electron chi connectivity index (χ0n) is 17.6. The third kappa shape index (κ3) is 3.23. The molecule has 2 unspecified atom stereocenters. The van der Waals surface area contributed by atoms with Gasteiger partial charge in [0, 0.05) is 31.8 Å². The lowest BCUT2D eigenvalue weighted by atomic mass is 9.94. The van der Waals surface area contributed by atoms with Gasteiger partial charge < -0.3 is 25.9 Å². The van der Waals surface area contributed by atoms with Crippen molar-refractivity contribution in [2.45, 2.75) is 50.8 Å². The molecule has 11 heteroatoms. The van der Waals surface area contributed by atoms with Crippen LogP contribution in [0.15, 0.2) is 15.7 Å². The summed E-state index contributed by atoms with van der Waals surface area (Å²) < 4.78 is 23.0. The molecule has 2 aliphatic rings. The largest absolute Gasteiger partial charge is 0.465 e. The van der Waals surface area contributed by atoms with Crippen LogP contribution in [-0.2, 0) is 4.74 Å². The van der Waals surface area contributed by atoms with E-state index in [9.17, 15) is 14.4 Å². The van der Waals surface area contributed by atoms with E-state index in [0.717, 1.165) is 18.9 Å². The van der Waals surface area contributed by atoms with Crippen LogP contribution >= 0.6 is 0 Å². The van der Waals surface area contributed by atoms with Gasteiger partial charge in [0.25, 0.3) is 5.56 Å². The zero-order valence-corrected chi connectivity index (χ0v) is 17.6. The Bertz CT molecular complexity index is 1190. The maximum absolute atomic E-state index is 15.3. The number of halogens is 1. The number of aryl methyl sites for hydroxylation is 1. The highest BCUT2D eigenvalue weighted by Crippen LogP contribution is 2.40. The minimum atomic E-state index is -1.16. The van der Waals surface area contributed by atoms with Crippen molar-refractivity contribution in [3.05, 3.63) is 38.3 Å². The quantitative estimate of drug-likeness (QED) is 0.595. The Kier molecular flexibility index (Phi) is 4.95. The number of nitrogens with two attached hydrogens (primary N) is 1. The van der Waals surface area contributed by atoms with Gasteiger partial charge in [0.2, 0.25) is 0 Å². The van der Waals surface area contributed by atoms with Gasteiger partial charge in [0.05, 0.1) is 22.6 Å². The molecule has 2 fully saturated rings. The van der Waals surface area contributed by atoms with Crippen LogP contribution in [0.3, 0.4) is 0 Å². The molecule has 31 heavy (non-hydrogen) atoms. The molecule has 168 valence electrons. The summed E-state index contributed by atoms with van der Waals surface area (Å²) in [7, 11) is 1.50. The highest BCUT2D eigenvalue weighted by molar-refractivity contribution is 5.87. The number of amides is 1. The van der Waals surface area contributed by atoms with Crippen LogP contribution in [0.4, 0.5) is 14.9 Å². The van der Waals surface area contributed by atoms with Crippen molar-refractivity contribution in [1.82, 2.24) is 14.6 Å². The van der Waals surface area contributed by atoms with E-state index in [1.54, 1.807) is 18.7 Å². The first-order valence-corrected chi connectivity index (χ1v) is 10.2. The van der Waals surface area contributed by atoms with Gasteiger partial charge in [-0.05, 0) is 39.2 Å². The van der Waals surface area contributed by atoms with E-state index in [-0.39, 0.29) is 23.7 Å². The lowest BCUT2D eigenvalue weighted by molar-refractivity contribution is -0.0169. The van der Waals surface area contributed by atoms with Gasteiger partial charge in [-0.15, -0.1) is 0 Å². The maximum atomic E-state index is 15.3. The topological polar surface area (TPSA) is 132 Å². The van der Waals surface area contributed by atoms with Gasteiger partial charge in [-0.25, -0.2) is 14.0 Å². The van der Waals surface area contributed by atoms with E-state index in [4.69, 9.17) is 15.7 Å². The predicted octanol–water partition coefficient (Wildman–Crippen LogP) is 0.911. The van der Waals surface area contributed by atoms with Crippen molar-refractivity contribution in [1.29, 1.82) is 0 Å². The van der Waals surface area contributed by atoms with E-state index in [0.29, 0.717) is 28.7 Å². The van der Waals surface area contributed by atoms with Crippen molar-refractivity contribution in [3.8, 4) is 0 Å². The number of ether oxygens (including phenoxy) is 1. The summed E-state index contributed by atoms with van der Waals surface area (Å²) in [5.74, 6) is 5.06. The second kappa shape index (κ2) is 7.26. The monoisotopic (exact) mass is 435 g/mol. The van der Waals surface area contributed by atoms with Crippen LogP contribution in [0.1, 0.15) is 37.8 Å². The first-order chi connectivity index (χ1) is 14.6. The number of rotatable bonds is 5.